The minimum Gasteiger partial charge on any atom is -0.444 e. The lowest BCUT2D eigenvalue weighted by atomic mass is 9.89. The number of amides is 2. The van der Waals surface area contributed by atoms with Crippen LogP contribution in [0.2, 0.25) is 0 Å². The molecule has 3 N–H and O–H groups in total. The molecule has 2 aliphatic carbocycles. The van der Waals surface area contributed by atoms with Crippen molar-refractivity contribution in [3.8, 4) is 12.3 Å². The second-order valence-electron chi connectivity index (χ2n) is 10.6. The molecule has 1 aromatic carbocycles. The van der Waals surface area contributed by atoms with E-state index in [2.05, 4.69) is 16.6 Å². The summed E-state index contributed by atoms with van der Waals surface area (Å²) in [6.07, 6.45) is 9.52. The van der Waals surface area contributed by atoms with Crippen molar-refractivity contribution in [1.29, 1.82) is 0 Å². The van der Waals surface area contributed by atoms with Crippen molar-refractivity contribution in [2.45, 2.75) is 89.5 Å². The third kappa shape index (κ3) is 7.50. The van der Waals surface area contributed by atoms with E-state index in [1.165, 1.54) is 19.3 Å². The van der Waals surface area contributed by atoms with E-state index in [9.17, 15) is 14.7 Å². The van der Waals surface area contributed by atoms with Crippen molar-refractivity contribution in [2.75, 3.05) is 0 Å². The first-order valence-corrected chi connectivity index (χ1v) is 12.1. The predicted octanol–water partition coefficient (Wildman–Crippen LogP) is 3.82. The molecule has 2 fully saturated rings. The Morgan fingerprint density at radius 1 is 1.21 bits per heavy atom. The Hall–Kier alpha value is -2.52. The van der Waals surface area contributed by atoms with Gasteiger partial charge in [0.25, 0.3) is 0 Å². The van der Waals surface area contributed by atoms with Gasteiger partial charge in [0.05, 0.1) is 18.1 Å². The normalized spacial score (nSPS) is 24.4. The van der Waals surface area contributed by atoms with Gasteiger partial charge in [-0.2, -0.15) is 0 Å². The lowest BCUT2D eigenvalue weighted by Gasteiger charge is -2.29. The van der Waals surface area contributed by atoms with Crippen LogP contribution in [0.5, 0.6) is 0 Å². The van der Waals surface area contributed by atoms with Crippen molar-refractivity contribution < 1.29 is 19.4 Å². The predicted molar refractivity (Wildman–Crippen MR) is 128 cm³/mol. The van der Waals surface area contributed by atoms with Gasteiger partial charge in [-0.3, -0.25) is 4.79 Å². The van der Waals surface area contributed by atoms with E-state index in [4.69, 9.17) is 11.2 Å². The molecule has 0 heterocycles. The van der Waals surface area contributed by atoms with Crippen molar-refractivity contribution in [1.82, 2.24) is 10.6 Å². The standard InChI is InChI=1S/C27H38N2O4/c1-5-9-21(25(31)28-22-16-19-12-13-20(22)14-19)17-24(30)23(15-18-10-7-6-8-11-18)29-26(32)33-27(2,3)4/h1,6-8,10-11,19-24,30H,9,12-17H2,2-4H3,(H,28,31)(H,29,32)/t19?,20?,21-,22?,23+,24+/m1/s1. The van der Waals surface area contributed by atoms with Crippen molar-refractivity contribution >= 4 is 12.0 Å². The number of hydrogen-bond acceptors (Lipinski definition) is 4. The molecule has 2 saturated carbocycles. The average molecular weight is 455 g/mol. The number of benzene rings is 1. The van der Waals surface area contributed by atoms with E-state index in [-0.39, 0.29) is 24.8 Å². The van der Waals surface area contributed by atoms with Gasteiger partial charge in [0.2, 0.25) is 5.91 Å². The van der Waals surface area contributed by atoms with Crippen LogP contribution in [0, 0.1) is 30.1 Å². The van der Waals surface area contributed by atoms with Crippen LogP contribution in [0.25, 0.3) is 0 Å². The molecule has 6 atom stereocenters. The minimum atomic E-state index is -0.957. The molecular formula is C27H38N2O4. The second-order valence-corrected chi connectivity index (χ2v) is 10.6. The molecule has 2 aliphatic rings. The summed E-state index contributed by atoms with van der Waals surface area (Å²) in [7, 11) is 0. The molecule has 33 heavy (non-hydrogen) atoms. The van der Waals surface area contributed by atoms with Crippen molar-refractivity contribution in [3.05, 3.63) is 35.9 Å². The number of aliphatic hydroxyl groups excluding tert-OH is 1. The highest BCUT2D eigenvalue weighted by Crippen LogP contribution is 2.44. The number of terminal acetylenes is 1. The van der Waals surface area contributed by atoms with Gasteiger partial charge in [0.1, 0.15) is 5.60 Å². The molecule has 2 amide bonds. The van der Waals surface area contributed by atoms with Crippen LogP contribution in [0.4, 0.5) is 4.79 Å². The SMILES string of the molecule is C#CC[C@H](C[C@H](O)[C@H](Cc1ccccc1)NC(=O)OC(C)(C)C)C(=O)NC1CC2CCC1C2. The largest absolute Gasteiger partial charge is 0.444 e. The van der Waals surface area contributed by atoms with Crippen LogP contribution in [0.3, 0.4) is 0 Å². The number of fused-ring (bicyclic) bond motifs is 2. The number of nitrogens with one attached hydrogen (secondary N) is 2. The Labute approximate surface area is 197 Å². The van der Waals surface area contributed by atoms with Gasteiger partial charge in [-0.1, -0.05) is 36.8 Å². The number of hydrogen-bond donors (Lipinski definition) is 3. The molecule has 3 unspecified atom stereocenters. The summed E-state index contributed by atoms with van der Waals surface area (Å²) >= 11 is 0. The van der Waals surface area contributed by atoms with Crippen LogP contribution < -0.4 is 10.6 Å². The quantitative estimate of drug-likeness (QED) is 0.495. The average Bonchev–Trinajstić information content (AvgIpc) is 3.35. The fourth-order valence-corrected chi connectivity index (χ4v) is 5.21. The van der Waals surface area contributed by atoms with Gasteiger partial charge in [-0.15, -0.1) is 12.3 Å². The maximum absolute atomic E-state index is 13.1. The molecule has 2 bridgehead atoms. The Balaban J connectivity index is 1.66. The molecule has 3 rings (SSSR count). The number of ether oxygens (including phenoxy) is 1. The fourth-order valence-electron chi connectivity index (χ4n) is 5.21. The van der Waals surface area contributed by atoms with Gasteiger partial charge in [0.15, 0.2) is 0 Å². The summed E-state index contributed by atoms with van der Waals surface area (Å²) in [5.41, 5.74) is 0.316. The highest BCUT2D eigenvalue weighted by Gasteiger charge is 2.41. The highest BCUT2D eigenvalue weighted by molar-refractivity contribution is 5.79. The lowest BCUT2D eigenvalue weighted by molar-refractivity contribution is -0.127. The molecule has 1 aromatic rings. The molecule has 0 saturated heterocycles. The second kappa shape index (κ2) is 11.1. The Bertz CT molecular complexity index is 842. The van der Waals surface area contributed by atoms with E-state index in [0.717, 1.165) is 17.9 Å². The van der Waals surface area contributed by atoms with E-state index in [0.29, 0.717) is 12.3 Å². The minimum absolute atomic E-state index is 0.0970. The smallest absolute Gasteiger partial charge is 0.407 e. The molecule has 0 aromatic heterocycles. The third-order valence-corrected chi connectivity index (χ3v) is 6.79. The number of carbonyl (C=O) groups excluding carboxylic acids is 2. The summed E-state index contributed by atoms with van der Waals surface area (Å²) in [6, 6.07) is 9.23. The first-order valence-electron chi connectivity index (χ1n) is 12.1. The Morgan fingerprint density at radius 2 is 1.94 bits per heavy atom. The zero-order valence-corrected chi connectivity index (χ0v) is 20.0. The third-order valence-electron chi connectivity index (χ3n) is 6.79. The van der Waals surface area contributed by atoms with Crippen LogP contribution in [-0.2, 0) is 16.0 Å². The maximum atomic E-state index is 13.1. The van der Waals surface area contributed by atoms with Crippen LogP contribution in [0.15, 0.2) is 30.3 Å². The summed E-state index contributed by atoms with van der Waals surface area (Å²) in [5.74, 6) is 3.27. The highest BCUT2D eigenvalue weighted by atomic mass is 16.6. The number of alkyl carbamates (subject to hydrolysis) is 1. The molecule has 6 heteroatoms. The molecule has 6 nitrogen and oxygen atoms in total. The molecule has 0 radical (unpaired) electrons. The van der Waals surface area contributed by atoms with Gasteiger partial charge in [-0.05, 0) is 70.3 Å². The number of aliphatic hydroxyl groups is 1. The van der Waals surface area contributed by atoms with E-state index < -0.39 is 29.8 Å². The molecular weight excluding hydrogens is 416 g/mol. The summed E-state index contributed by atoms with van der Waals surface area (Å²) in [5, 5.41) is 17.1. The van der Waals surface area contributed by atoms with Crippen molar-refractivity contribution in [2.24, 2.45) is 17.8 Å². The molecule has 180 valence electrons. The van der Waals surface area contributed by atoms with Crippen molar-refractivity contribution in [3.63, 3.8) is 0 Å². The molecule has 0 spiro atoms. The lowest BCUT2D eigenvalue weighted by Crippen LogP contribution is -2.49. The van der Waals surface area contributed by atoms with E-state index in [1.54, 1.807) is 20.8 Å². The van der Waals surface area contributed by atoms with Gasteiger partial charge in [-0.25, -0.2) is 4.79 Å². The first kappa shape index (κ1) is 25.1. The van der Waals surface area contributed by atoms with Crippen LogP contribution in [-0.4, -0.2) is 40.9 Å². The number of rotatable bonds is 9. The zero-order valence-electron chi connectivity index (χ0n) is 20.0. The number of carbonyl (C=O) groups is 2. The van der Waals surface area contributed by atoms with Gasteiger partial charge in [0, 0.05) is 12.5 Å². The Kier molecular flexibility index (Phi) is 8.42. The van der Waals surface area contributed by atoms with E-state index in [1.807, 2.05) is 30.3 Å². The summed E-state index contributed by atoms with van der Waals surface area (Å²) in [6.45, 7) is 5.37. The summed E-state index contributed by atoms with van der Waals surface area (Å²) in [4.78, 5) is 25.5. The van der Waals surface area contributed by atoms with Crippen LogP contribution >= 0.6 is 0 Å². The van der Waals surface area contributed by atoms with Gasteiger partial charge < -0.3 is 20.5 Å². The Morgan fingerprint density at radius 3 is 2.52 bits per heavy atom. The monoisotopic (exact) mass is 454 g/mol. The summed E-state index contributed by atoms with van der Waals surface area (Å²) < 4.78 is 5.40. The van der Waals surface area contributed by atoms with Gasteiger partial charge >= 0.3 is 6.09 Å². The maximum Gasteiger partial charge on any atom is 0.407 e. The zero-order chi connectivity index (χ0) is 24.0. The topological polar surface area (TPSA) is 87.7 Å². The van der Waals surface area contributed by atoms with E-state index >= 15 is 0 Å². The first-order chi connectivity index (χ1) is 15.6. The van der Waals surface area contributed by atoms with Crippen LogP contribution in [0.1, 0.15) is 64.9 Å². The molecule has 0 aliphatic heterocycles. The fraction of sp³-hybridized carbons (Fsp3) is 0.630.